The van der Waals surface area contributed by atoms with Gasteiger partial charge in [0.25, 0.3) is 5.56 Å². The van der Waals surface area contributed by atoms with Gasteiger partial charge in [0, 0.05) is 10.9 Å². The minimum absolute atomic E-state index is 0.163. The molecule has 24 heavy (non-hydrogen) atoms. The van der Waals surface area contributed by atoms with Crippen LogP contribution in [0.1, 0.15) is 12.5 Å². The average molecular weight is 318 g/mol. The Hall–Kier alpha value is -3.28. The highest BCUT2D eigenvalue weighted by molar-refractivity contribution is 5.90. The Labute approximate surface area is 136 Å². The number of aromatic nitrogens is 4. The van der Waals surface area contributed by atoms with E-state index in [-0.39, 0.29) is 11.3 Å². The van der Waals surface area contributed by atoms with Crippen molar-refractivity contribution in [3.63, 3.8) is 0 Å². The summed E-state index contributed by atoms with van der Waals surface area (Å²) >= 11 is 0. The molecule has 1 N–H and O–H groups in total. The second-order valence-corrected chi connectivity index (χ2v) is 5.53. The molecule has 0 saturated carbocycles. The third-order valence-electron chi connectivity index (χ3n) is 4.05. The number of hydrogen-bond donors (Lipinski definition) is 1. The molecule has 0 bridgehead atoms. The number of H-pyrrole nitrogens is 1. The van der Waals surface area contributed by atoms with Crippen molar-refractivity contribution >= 4 is 16.6 Å². The number of nitrogens with one attached hydrogen (secondary N) is 1. The standard InChI is InChI=1S/C18H14N4O2/c1-2-11-7-9-12(10-8-11)15-17(23)20-16-13-5-3-4-6-14(13)19-18(24)22(16)21-15/h3-10H,2H2,1H3,(H,19,24). The van der Waals surface area contributed by atoms with Gasteiger partial charge in [0.2, 0.25) is 0 Å². The van der Waals surface area contributed by atoms with Crippen LogP contribution in [0.25, 0.3) is 27.8 Å². The molecule has 6 heteroatoms. The van der Waals surface area contributed by atoms with Crippen molar-refractivity contribution in [3.05, 3.63) is 74.9 Å². The van der Waals surface area contributed by atoms with Gasteiger partial charge in [-0.3, -0.25) is 4.79 Å². The molecular formula is C18H14N4O2. The van der Waals surface area contributed by atoms with Crippen molar-refractivity contribution < 1.29 is 0 Å². The normalized spacial score (nSPS) is 11.2. The lowest BCUT2D eigenvalue weighted by atomic mass is 10.1. The SMILES string of the molecule is CCc1ccc(-c2nn3c(=O)[nH]c4ccccc4c3nc2=O)cc1. The number of para-hydroxylation sites is 1. The third-order valence-corrected chi connectivity index (χ3v) is 4.05. The summed E-state index contributed by atoms with van der Waals surface area (Å²) in [4.78, 5) is 31.6. The quantitative estimate of drug-likeness (QED) is 0.574. The molecule has 4 aromatic rings. The molecule has 2 heterocycles. The predicted octanol–water partition coefficient (Wildman–Crippen LogP) is 2.16. The smallest absolute Gasteiger partial charge is 0.305 e. The molecule has 2 aromatic heterocycles. The third kappa shape index (κ3) is 2.20. The molecule has 0 saturated heterocycles. The topological polar surface area (TPSA) is 80.1 Å². The van der Waals surface area contributed by atoms with Crippen LogP contribution in [0.15, 0.2) is 58.1 Å². The first-order valence-electron chi connectivity index (χ1n) is 7.69. The molecule has 0 aliphatic carbocycles. The summed E-state index contributed by atoms with van der Waals surface area (Å²) in [6.07, 6.45) is 0.911. The highest BCUT2D eigenvalue weighted by Gasteiger charge is 2.12. The van der Waals surface area contributed by atoms with Gasteiger partial charge in [-0.2, -0.15) is 14.6 Å². The molecule has 4 rings (SSSR count). The van der Waals surface area contributed by atoms with Crippen LogP contribution >= 0.6 is 0 Å². The minimum atomic E-state index is -0.449. The number of benzene rings is 2. The van der Waals surface area contributed by atoms with Gasteiger partial charge in [0.15, 0.2) is 11.3 Å². The number of aromatic amines is 1. The molecule has 0 radical (unpaired) electrons. The molecular weight excluding hydrogens is 304 g/mol. The van der Waals surface area contributed by atoms with E-state index in [0.29, 0.717) is 16.5 Å². The Kier molecular flexibility index (Phi) is 3.23. The first-order valence-corrected chi connectivity index (χ1v) is 7.69. The summed E-state index contributed by atoms with van der Waals surface area (Å²) in [5.74, 6) is 0. The second kappa shape index (κ2) is 5.42. The first kappa shape index (κ1) is 14.3. The van der Waals surface area contributed by atoms with Crippen molar-refractivity contribution in [2.24, 2.45) is 0 Å². The van der Waals surface area contributed by atoms with Crippen molar-refractivity contribution in [1.82, 2.24) is 19.6 Å². The molecule has 0 fully saturated rings. The van der Waals surface area contributed by atoms with E-state index in [1.54, 1.807) is 12.1 Å². The van der Waals surface area contributed by atoms with Crippen LogP contribution in [0, 0.1) is 0 Å². The van der Waals surface area contributed by atoms with Gasteiger partial charge < -0.3 is 4.98 Å². The Morgan fingerprint density at radius 3 is 2.54 bits per heavy atom. The van der Waals surface area contributed by atoms with Gasteiger partial charge in [0.05, 0.1) is 5.52 Å². The molecule has 2 aromatic carbocycles. The molecule has 118 valence electrons. The van der Waals surface area contributed by atoms with E-state index in [1.807, 2.05) is 36.4 Å². The highest BCUT2D eigenvalue weighted by Crippen LogP contribution is 2.16. The molecule has 0 atom stereocenters. The largest absolute Gasteiger partial charge is 0.348 e. The van der Waals surface area contributed by atoms with E-state index in [0.717, 1.165) is 16.5 Å². The van der Waals surface area contributed by atoms with E-state index >= 15 is 0 Å². The van der Waals surface area contributed by atoms with Crippen molar-refractivity contribution in [2.45, 2.75) is 13.3 Å². The monoisotopic (exact) mass is 318 g/mol. The maximum Gasteiger partial charge on any atom is 0.348 e. The van der Waals surface area contributed by atoms with E-state index in [9.17, 15) is 9.59 Å². The Morgan fingerprint density at radius 2 is 1.79 bits per heavy atom. The maximum atomic E-state index is 12.4. The molecule has 0 aliphatic heterocycles. The molecule has 0 unspecified atom stereocenters. The summed E-state index contributed by atoms with van der Waals surface area (Å²) < 4.78 is 1.15. The number of rotatable bonds is 2. The average Bonchev–Trinajstić information content (AvgIpc) is 2.61. The lowest BCUT2D eigenvalue weighted by molar-refractivity contribution is 0.830. The van der Waals surface area contributed by atoms with E-state index in [4.69, 9.17) is 0 Å². The van der Waals surface area contributed by atoms with Crippen molar-refractivity contribution in [2.75, 3.05) is 0 Å². The van der Waals surface area contributed by atoms with Crippen LogP contribution in [-0.4, -0.2) is 19.6 Å². The van der Waals surface area contributed by atoms with Gasteiger partial charge in [-0.1, -0.05) is 43.3 Å². The van der Waals surface area contributed by atoms with Crippen LogP contribution in [0.5, 0.6) is 0 Å². The van der Waals surface area contributed by atoms with Crippen LogP contribution in [0.3, 0.4) is 0 Å². The van der Waals surface area contributed by atoms with Gasteiger partial charge in [-0.15, -0.1) is 0 Å². The lowest BCUT2D eigenvalue weighted by Gasteiger charge is -2.06. The van der Waals surface area contributed by atoms with Crippen molar-refractivity contribution in [3.8, 4) is 11.3 Å². The summed E-state index contributed by atoms with van der Waals surface area (Å²) in [7, 11) is 0. The fourth-order valence-electron chi connectivity index (χ4n) is 2.74. The Bertz CT molecular complexity index is 1170. The number of nitrogens with zero attached hydrogens (tertiary/aromatic N) is 3. The zero-order valence-corrected chi connectivity index (χ0v) is 13.0. The number of hydrogen-bond acceptors (Lipinski definition) is 4. The van der Waals surface area contributed by atoms with Crippen LogP contribution < -0.4 is 11.2 Å². The number of fused-ring (bicyclic) bond motifs is 3. The van der Waals surface area contributed by atoms with Crippen LogP contribution in [0.2, 0.25) is 0 Å². The summed E-state index contributed by atoms with van der Waals surface area (Å²) in [6.45, 7) is 2.06. The van der Waals surface area contributed by atoms with E-state index in [1.165, 1.54) is 0 Å². The van der Waals surface area contributed by atoms with E-state index in [2.05, 4.69) is 22.0 Å². The van der Waals surface area contributed by atoms with Crippen LogP contribution in [0.4, 0.5) is 0 Å². The van der Waals surface area contributed by atoms with Crippen LogP contribution in [-0.2, 0) is 6.42 Å². The maximum absolute atomic E-state index is 12.4. The zero-order valence-electron chi connectivity index (χ0n) is 13.0. The molecule has 0 amide bonds. The lowest BCUT2D eigenvalue weighted by Crippen LogP contribution is -2.25. The highest BCUT2D eigenvalue weighted by atomic mass is 16.1. The minimum Gasteiger partial charge on any atom is -0.305 e. The van der Waals surface area contributed by atoms with E-state index < -0.39 is 11.2 Å². The molecule has 0 spiro atoms. The fraction of sp³-hybridized carbons (Fsp3) is 0.111. The molecule has 6 nitrogen and oxygen atoms in total. The number of aryl methyl sites for hydroxylation is 1. The van der Waals surface area contributed by atoms with Gasteiger partial charge >= 0.3 is 5.69 Å². The Balaban J connectivity index is 2.03. The summed E-state index contributed by atoms with van der Waals surface area (Å²) in [6, 6.07) is 14.7. The predicted molar refractivity (Wildman–Crippen MR) is 92.2 cm³/mol. The summed E-state index contributed by atoms with van der Waals surface area (Å²) in [5.41, 5.74) is 1.97. The Morgan fingerprint density at radius 1 is 1.04 bits per heavy atom. The van der Waals surface area contributed by atoms with Crippen molar-refractivity contribution in [1.29, 1.82) is 0 Å². The molecule has 0 aliphatic rings. The first-order chi connectivity index (χ1) is 11.7. The summed E-state index contributed by atoms with van der Waals surface area (Å²) in [5, 5.41) is 4.92. The van der Waals surface area contributed by atoms with Gasteiger partial charge in [-0.05, 0) is 24.1 Å². The zero-order chi connectivity index (χ0) is 16.7. The second-order valence-electron chi connectivity index (χ2n) is 5.53. The fourth-order valence-corrected chi connectivity index (χ4v) is 2.74. The van der Waals surface area contributed by atoms with Gasteiger partial charge in [0.1, 0.15) is 0 Å². The van der Waals surface area contributed by atoms with Gasteiger partial charge in [-0.25, -0.2) is 4.79 Å².